The van der Waals surface area contributed by atoms with Crippen LogP contribution < -0.4 is 0 Å². The van der Waals surface area contributed by atoms with Gasteiger partial charge in [0.2, 0.25) is 10.0 Å². The van der Waals surface area contributed by atoms with E-state index < -0.39 is 22.4 Å². The Kier molecular flexibility index (Phi) is 5.21. The van der Waals surface area contributed by atoms with E-state index in [1.54, 1.807) is 0 Å². The number of halogens is 2. The molecular formula is C13H17ClFNO4S. The summed E-state index contributed by atoms with van der Waals surface area (Å²) in [4.78, 5) is -0.228. The number of likely N-dealkylation sites (N-methyl/N-ethyl adjacent to an activating group) is 1. The first-order chi connectivity index (χ1) is 9.86. The maximum absolute atomic E-state index is 13.7. The lowest BCUT2D eigenvalue weighted by molar-refractivity contribution is 0.0979. The Morgan fingerprint density at radius 3 is 2.81 bits per heavy atom. The van der Waals surface area contributed by atoms with Gasteiger partial charge < -0.3 is 9.84 Å². The Hall–Kier alpha value is -0.730. The first-order valence-corrected chi connectivity index (χ1v) is 8.34. The van der Waals surface area contributed by atoms with Crippen LogP contribution in [0.2, 0.25) is 5.02 Å². The number of aliphatic hydroxyl groups excluding tert-OH is 1. The van der Waals surface area contributed by atoms with E-state index in [1.165, 1.54) is 13.1 Å². The van der Waals surface area contributed by atoms with Gasteiger partial charge in [0.25, 0.3) is 0 Å². The molecule has 1 N–H and O–H groups in total. The molecule has 0 aliphatic carbocycles. The molecule has 0 amide bonds. The predicted octanol–water partition coefficient (Wildman–Crippen LogP) is 1.77. The summed E-state index contributed by atoms with van der Waals surface area (Å²) in [6, 6.07) is 2.05. The predicted molar refractivity (Wildman–Crippen MR) is 76.1 cm³/mol. The Labute approximate surface area is 128 Å². The summed E-state index contributed by atoms with van der Waals surface area (Å²) in [5.74, 6) is -0.868. The third-order valence-electron chi connectivity index (χ3n) is 3.44. The highest BCUT2D eigenvalue weighted by Gasteiger charge is 2.27. The zero-order chi connectivity index (χ0) is 15.6. The van der Waals surface area contributed by atoms with Gasteiger partial charge in [-0.1, -0.05) is 11.6 Å². The van der Waals surface area contributed by atoms with E-state index in [9.17, 15) is 12.8 Å². The summed E-state index contributed by atoms with van der Waals surface area (Å²) in [5.41, 5.74) is 0.0424. The highest BCUT2D eigenvalue weighted by Crippen LogP contribution is 2.26. The van der Waals surface area contributed by atoms with Crippen molar-refractivity contribution < 1.29 is 22.7 Å². The SMILES string of the molecule is CN(CC1CCCO1)S(=O)(=O)c1cc(F)c(Cl)c(CO)c1. The van der Waals surface area contributed by atoms with E-state index in [0.29, 0.717) is 6.61 Å². The second-order valence-corrected chi connectivity index (χ2v) is 7.38. The van der Waals surface area contributed by atoms with Crippen LogP contribution in [-0.4, -0.2) is 44.1 Å². The maximum atomic E-state index is 13.7. The van der Waals surface area contributed by atoms with Gasteiger partial charge >= 0.3 is 0 Å². The zero-order valence-electron chi connectivity index (χ0n) is 11.6. The number of sulfonamides is 1. The molecule has 8 heteroatoms. The van der Waals surface area contributed by atoms with E-state index in [1.807, 2.05) is 0 Å². The maximum Gasteiger partial charge on any atom is 0.243 e. The van der Waals surface area contributed by atoms with Gasteiger partial charge in [0.15, 0.2) is 0 Å². The highest BCUT2D eigenvalue weighted by molar-refractivity contribution is 7.89. The molecule has 5 nitrogen and oxygen atoms in total. The summed E-state index contributed by atoms with van der Waals surface area (Å²) in [5, 5.41) is 8.86. The molecule has 0 spiro atoms. The van der Waals surface area contributed by atoms with Crippen molar-refractivity contribution in [1.82, 2.24) is 4.31 Å². The van der Waals surface area contributed by atoms with Crippen molar-refractivity contribution in [2.24, 2.45) is 0 Å². The van der Waals surface area contributed by atoms with Crippen LogP contribution in [0.15, 0.2) is 17.0 Å². The first-order valence-electron chi connectivity index (χ1n) is 6.53. The van der Waals surface area contributed by atoms with Crippen LogP contribution in [-0.2, 0) is 21.4 Å². The molecule has 1 aliphatic rings. The average Bonchev–Trinajstić information content (AvgIpc) is 2.94. The van der Waals surface area contributed by atoms with Gasteiger partial charge in [0.05, 0.1) is 22.6 Å². The molecule has 2 rings (SSSR count). The number of rotatable bonds is 5. The lowest BCUT2D eigenvalue weighted by atomic mass is 10.2. The quantitative estimate of drug-likeness (QED) is 0.889. The minimum absolute atomic E-state index is 0.0424. The standard InChI is InChI=1S/C13H17ClFNO4S/c1-16(7-10-3-2-4-20-10)21(18,19)11-5-9(8-17)13(14)12(15)6-11/h5-6,10,17H,2-4,7-8H2,1H3. The molecule has 1 fully saturated rings. The van der Waals surface area contributed by atoms with E-state index in [2.05, 4.69) is 0 Å². The topological polar surface area (TPSA) is 66.8 Å². The number of nitrogens with zero attached hydrogens (tertiary/aromatic N) is 1. The molecule has 0 saturated carbocycles. The molecule has 0 bridgehead atoms. The molecule has 1 heterocycles. The normalized spacial score (nSPS) is 19.4. The zero-order valence-corrected chi connectivity index (χ0v) is 13.1. The monoisotopic (exact) mass is 337 g/mol. The third-order valence-corrected chi connectivity index (χ3v) is 5.66. The fourth-order valence-corrected chi connectivity index (χ4v) is 3.67. The van der Waals surface area contributed by atoms with Crippen LogP contribution in [0.5, 0.6) is 0 Å². The van der Waals surface area contributed by atoms with Crippen molar-refractivity contribution in [1.29, 1.82) is 0 Å². The Morgan fingerprint density at radius 1 is 1.52 bits per heavy atom. The fourth-order valence-electron chi connectivity index (χ4n) is 2.24. The minimum Gasteiger partial charge on any atom is -0.392 e. The van der Waals surface area contributed by atoms with Crippen LogP contribution in [0.4, 0.5) is 4.39 Å². The lowest BCUT2D eigenvalue weighted by Gasteiger charge is -2.21. The van der Waals surface area contributed by atoms with Crippen LogP contribution in [0, 0.1) is 5.82 Å². The summed E-state index contributed by atoms with van der Waals surface area (Å²) in [6.45, 7) is 0.304. The highest BCUT2D eigenvalue weighted by atomic mass is 35.5. The molecular weight excluding hydrogens is 321 g/mol. The summed E-state index contributed by atoms with van der Waals surface area (Å²) < 4.78 is 45.1. The van der Waals surface area contributed by atoms with Gasteiger partial charge in [0, 0.05) is 25.8 Å². The van der Waals surface area contributed by atoms with Gasteiger partial charge in [0.1, 0.15) is 5.82 Å². The number of ether oxygens (including phenoxy) is 1. The molecule has 118 valence electrons. The van der Waals surface area contributed by atoms with Crippen molar-refractivity contribution in [3.8, 4) is 0 Å². The van der Waals surface area contributed by atoms with E-state index >= 15 is 0 Å². The minimum atomic E-state index is -3.85. The molecule has 0 aromatic heterocycles. The van der Waals surface area contributed by atoms with Crippen LogP contribution >= 0.6 is 11.6 Å². The summed E-state index contributed by atoms with van der Waals surface area (Å²) in [6.07, 6.45) is 1.57. The van der Waals surface area contributed by atoms with E-state index in [-0.39, 0.29) is 28.1 Å². The Bertz CT molecular complexity index is 617. The molecule has 0 radical (unpaired) electrons. The van der Waals surface area contributed by atoms with Gasteiger partial charge in [-0.3, -0.25) is 0 Å². The number of benzene rings is 1. The molecule has 1 unspecified atom stereocenters. The molecule has 1 atom stereocenters. The van der Waals surface area contributed by atoms with E-state index in [0.717, 1.165) is 23.2 Å². The lowest BCUT2D eigenvalue weighted by Crippen LogP contribution is -2.34. The van der Waals surface area contributed by atoms with Gasteiger partial charge in [-0.05, 0) is 25.0 Å². The first kappa shape index (κ1) is 16.6. The number of hydrogen-bond acceptors (Lipinski definition) is 4. The number of aliphatic hydroxyl groups is 1. The molecule has 1 aromatic rings. The van der Waals surface area contributed by atoms with Crippen LogP contribution in [0.3, 0.4) is 0 Å². The smallest absolute Gasteiger partial charge is 0.243 e. The second-order valence-electron chi connectivity index (χ2n) is 4.96. The van der Waals surface area contributed by atoms with Crippen molar-refractivity contribution in [2.45, 2.75) is 30.4 Å². The summed E-state index contributed by atoms with van der Waals surface area (Å²) in [7, 11) is -2.44. The van der Waals surface area contributed by atoms with Gasteiger partial charge in [-0.25, -0.2) is 12.8 Å². The van der Waals surface area contributed by atoms with Crippen molar-refractivity contribution in [3.05, 3.63) is 28.5 Å². The molecule has 21 heavy (non-hydrogen) atoms. The Balaban J connectivity index is 2.27. The molecule has 1 aliphatic heterocycles. The fraction of sp³-hybridized carbons (Fsp3) is 0.538. The van der Waals surface area contributed by atoms with E-state index in [4.69, 9.17) is 21.4 Å². The van der Waals surface area contributed by atoms with Crippen molar-refractivity contribution in [3.63, 3.8) is 0 Å². The largest absolute Gasteiger partial charge is 0.392 e. The third kappa shape index (κ3) is 3.54. The molecule has 1 aromatic carbocycles. The van der Waals surface area contributed by atoms with Crippen molar-refractivity contribution >= 4 is 21.6 Å². The van der Waals surface area contributed by atoms with Gasteiger partial charge in [-0.15, -0.1) is 0 Å². The molecule has 1 saturated heterocycles. The van der Waals surface area contributed by atoms with Crippen LogP contribution in [0.1, 0.15) is 18.4 Å². The Morgan fingerprint density at radius 2 is 2.24 bits per heavy atom. The average molecular weight is 338 g/mol. The van der Waals surface area contributed by atoms with Crippen molar-refractivity contribution in [2.75, 3.05) is 20.2 Å². The van der Waals surface area contributed by atoms with Crippen LogP contribution in [0.25, 0.3) is 0 Å². The summed E-state index contributed by atoms with van der Waals surface area (Å²) >= 11 is 5.67. The van der Waals surface area contributed by atoms with Gasteiger partial charge in [-0.2, -0.15) is 4.31 Å². The second kappa shape index (κ2) is 6.58. The number of hydrogen-bond donors (Lipinski definition) is 1.